The summed E-state index contributed by atoms with van der Waals surface area (Å²) < 4.78 is 0. The number of nitrogens with one attached hydrogen (secondary N) is 1. The normalized spacial score (nSPS) is 24.6. The lowest BCUT2D eigenvalue weighted by Gasteiger charge is -2.40. The molecule has 110 valence electrons. The highest BCUT2D eigenvalue weighted by Gasteiger charge is 2.29. The van der Waals surface area contributed by atoms with Crippen LogP contribution >= 0.6 is 0 Å². The third kappa shape index (κ3) is 2.83. The molecule has 0 amide bonds. The minimum atomic E-state index is 0.542. The van der Waals surface area contributed by atoms with Gasteiger partial charge in [-0.25, -0.2) is 4.98 Å². The van der Waals surface area contributed by atoms with Gasteiger partial charge in [0.05, 0.1) is 0 Å². The van der Waals surface area contributed by atoms with E-state index in [4.69, 9.17) is 0 Å². The second kappa shape index (κ2) is 6.13. The van der Waals surface area contributed by atoms with E-state index in [0.717, 1.165) is 5.82 Å². The number of piperidine rings is 1. The minimum Gasteiger partial charge on any atom is -0.367 e. The summed E-state index contributed by atoms with van der Waals surface area (Å²) in [5, 5.41) is 3.67. The van der Waals surface area contributed by atoms with E-state index >= 15 is 0 Å². The van der Waals surface area contributed by atoms with Crippen LogP contribution < -0.4 is 5.32 Å². The van der Waals surface area contributed by atoms with Gasteiger partial charge >= 0.3 is 0 Å². The molecule has 1 saturated carbocycles. The van der Waals surface area contributed by atoms with Gasteiger partial charge in [-0.3, -0.25) is 4.90 Å². The molecular weight excluding hydrogens is 246 g/mol. The number of hydrogen-bond donors (Lipinski definition) is 1. The molecule has 1 saturated heterocycles. The Balaban J connectivity index is 1.83. The molecule has 0 spiro atoms. The Kier molecular flexibility index (Phi) is 4.25. The van der Waals surface area contributed by atoms with Crippen molar-refractivity contribution in [3.8, 4) is 0 Å². The van der Waals surface area contributed by atoms with E-state index in [2.05, 4.69) is 41.2 Å². The molecule has 1 aromatic heterocycles. The van der Waals surface area contributed by atoms with Gasteiger partial charge in [0.2, 0.25) is 0 Å². The SMILES string of the molecule is CC(C)N1CCCCC1c1cccnc1NC1CCC1. The first-order valence-corrected chi connectivity index (χ1v) is 8.23. The van der Waals surface area contributed by atoms with Gasteiger partial charge < -0.3 is 5.32 Å². The van der Waals surface area contributed by atoms with Crippen LogP contribution in [0.25, 0.3) is 0 Å². The van der Waals surface area contributed by atoms with Crippen LogP contribution in [0.15, 0.2) is 18.3 Å². The highest BCUT2D eigenvalue weighted by atomic mass is 15.2. The summed E-state index contributed by atoms with van der Waals surface area (Å²) in [6.07, 6.45) is 9.83. The average molecular weight is 273 g/mol. The number of pyridine rings is 1. The molecule has 20 heavy (non-hydrogen) atoms. The van der Waals surface area contributed by atoms with E-state index in [0.29, 0.717) is 18.1 Å². The van der Waals surface area contributed by atoms with Crippen LogP contribution in [0.4, 0.5) is 5.82 Å². The van der Waals surface area contributed by atoms with Crippen molar-refractivity contribution in [2.75, 3.05) is 11.9 Å². The fourth-order valence-corrected chi connectivity index (χ4v) is 3.46. The number of anilines is 1. The second-order valence-electron chi connectivity index (χ2n) is 6.56. The van der Waals surface area contributed by atoms with Crippen LogP contribution in [0.1, 0.15) is 64.0 Å². The van der Waals surface area contributed by atoms with Crippen LogP contribution in [0.3, 0.4) is 0 Å². The van der Waals surface area contributed by atoms with Gasteiger partial charge in [-0.2, -0.15) is 0 Å². The van der Waals surface area contributed by atoms with Crippen molar-refractivity contribution in [3.63, 3.8) is 0 Å². The molecule has 0 bridgehead atoms. The topological polar surface area (TPSA) is 28.2 Å². The molecule has 1 aromatic rings. The summed E-state index contributed by atoms with van der Waals surface area (Å²) in [4.78, 5) is 7.28. The third-order valence-electron chi connectivity index (χ3n) is 4.85. The summed E-state index contributed by atoms with van der Waals surface area (Å²) >= 11 is 0. The van der Waals surface area contributed by atoms with Gasteiger partial charge in [0, 0.05) is 29.9 Å². The lowest BCUT2D eigenvalue weighted by atomic mass is 9.91. The molecule has 3 nitrogen and oxygen atoms in total. The third-order valence-corrected chi connectivity index (χ3v) is 4.85. The van der Waals surface area contributed by atoms with Crippen LogP contribution in [0.2, 0.25) is 0 Å². The van der Waals surface area contributed by atoms with E-state index in [1.54, 1.807) is 0 Å². The van der Waals surface area contributed by atoms with Crippen molar-refractivity contribution in [2.24, 2.45) is 0 Å². The summed E-state index contributed by atoms with van der Waals surface area (Å²) in [5.74, 6) is 1.13. The van der Waals surface area contributed by atoms with Crippen molar-refractivity contribution in [3.05, 3.63) is 23.9 Å². The van der Waals surface area contributed by atoms with Crippen molar-refractivity contribution in [2.45, 2.75) is 70.5 Å². The Hall–Kier alpha value is -1.09. The molecular formula is C17H27N3. The zero-order valence-corrected chi connectivity index (χ0v) is 12.8. The van der Waals surface area contributed by atoms with Gasteiger partial charge in [-0.1, -0.05) is 12.5 Å². The first-order valence-electron chi connectivity index (χ1n) is 8.23. The standard InChI is InChI=1S/C17H27N3/c1-13(2)20-12-4-3-10-16(20)15-9-6-11-18-17(15)19-14-7-5-8-14/h6,9,11,13-14,16H,3-5,7-8,10,12H2,1-2H3,(H,18,19). The maximum atomic E-state index is 4.63. The van der Waals surface area contributed by atoms with E-state index in [1.165, 1.54) is 50.6 Å². The molecule has 3 rings (SSSR count). The van der Waals surface area contributed by atoms with Crippen LogP contribution in [0, 0.1) is 0 Å². The lowest BCUT2D eigenvalue weighted by Crippen LogP contribution is -2.39. The van der Waals surface area contributed by atoms with Crippen molar-refractivity contribution in [1.29, 1.82) is 0 Å². The molecule has 1 aliphatic carbocycles. The number of nitrogens with zero attached hydrogens (tertiary/aromatic N) is 2. The van der Waals surface area contributed by atoms with Gasteiger partial charge in [-0.05, 0) is 58.6 Å². The number of aromatic nitrogens is 1. The van der Waals surface area contributed by atoms with Gasteiger partial charge in [0.1, 0.15) is 5.82 Å². The molecule has 2 fully saturated rings. The highest BCUT2D eigenvalue weighted by Crippen LogP contribution is 2.36. The molecule has 0 radical (unpaired) electrons. The first kappa shape index (κ1) is 13.9. The molecule has 1 unspecified atom stereocenters. The van der Waals surface area contributed by atoms with E-state index < -0.39 is 0 Å². The Morgan fingerprint density at radius 1 is 1.20 bits per heavy atom. The Bertz CT molecular complexity index is 440. The van der Waals surface area contributed by atoms with E-state index in [1.807, 2.05) is 6.20 Å². The number of hydrogen-bond acceptors (Lipinski definition) is 3. The van der Waals surface area contributed by atoms with Crippen molar-refractivity contribution >= 4 is 5.82 Å². The van der Waals surface area contributed by atoms with Crippen molar-refractivity contribution < 1.29 is 0 Å². The summed E-state index contributed by atoms with van der Waals surface area (Å²) in [6.45, 7) is 5.85. The highest BCUT2D eigenvalue weighted by molar-refractivity contribution is 5.47. The van der Waals surface area contributed by atoms with Gasteiger partial charge in [-0.15, -0.1) is 0 Å². The van der Waals surface area contributed by atoms with Crippen LogP contribution in [-0.4, -0.2) is 28.5 Å². The van der Waals surface area contributed by atoms with E-state index in [9.17, 15) is 0 Å². The van der Waals surface area contributed by atoms with Crippen molar-refractivity contribution in [1.82, 2.24) is 9.88 Å². The fraction of sp³-hybridized carbons (Fsp3) is 0.706. The Morgan fingerprint density at radius 2 is 2.05 bits per heavy atom. The fourth-order valence-electron chi connectivity index (χ4n) is 3.46. The smallest absolute Gasteiger partial charge is 0.130 e. The molecule has 1 N–H and O–H groups in total. The summed E-state index contributed by atoms with van der Waals surface area (Å²) in [6, 6.07) is 6.17. The summed E-state index contributed by atoms with van der Waals surface area (Å²) in [7, 11) is 0. The van der Waals surface area contributed by atoms with Crippen LogP contribution in [0.5, 0.6) is 0 Å². The van der Waals surface area contributed by atoms with Gasteiger partial charge in [0.15, 0.2) is 0 Å². The molecule has 1 atom stereocenters. The van der Waals surface area contributed by atoms with Crippen LogP contribution in [-0.2, 0) is 0 Å². The molecule has 1 aliphatic heterocycles. The molecule has 0 aromatic carbocycles. The quantitative estimate of drug-likeness (QED) is 0.899. The predicted molar refractivity (Wildman–Crippen MR) is 83.9 cm³/mol. The average Bonchev–Trinajstić information content (AvgIpc) is 2.43. The minimum absolute atomic E-state index is 0.542. The number of likely N-dealkylation sites (tertiary alicyclic amines) is 1. The molecule has 3 heteroatoms. The maximum Gasteiger partial charge on any atom is 0.130 e. The lowest BCUT2D eigenvalue weighted by molar-refractivity contribution is 0.112. The zero-order chi connectivity index (χ0) is 13.9. The molecule has 2 heterocycles. The monoisotopic (exact) mass is 273 g/mol. The maximum absolute atomic E-state index is 4.63. The van der Waals surface area contributed by atoms with E-state index in [-0.39, 0.29) is 0 Å². The second-order valence-corrected chi connectivity index (χ2v) is 6.56. The summed E-state index contributed by atoms with van der Waals surface area (Å²) in [5.41, 5.74) is 1.41. The van der Waals surface area contributed by atoms with Gasteiger partial charge in [0.25, 0.3) is 0 Å². The number of rotatable bonds is 4. The zero-order valence-electron chi connectivity index (χ0n) is 12.8. The Morgan fingerprint density at radius 3 is 2.75 bits per heavy atom. The molecule has 2 aliphatic rings. The predicted octanol–water partition coefficient (Wildman–Crippen LogP) is 3.98. The largest absolute Gasteiger partial charge is 0.367 e. The first-order chi connectivity index (χ1) is 9.75. The Labute approximate surface area is 122 Å².